The quantitative estimate of drug-likeness (QED) is 0.510. The standard InChI is InChI=1S/C23H26N2S/c1-14-11-15(2)21(16(3)12-14)25-13-20-24-22(25)18-9-7-8-10-19(18)23(5,6)17(4)26-20/h7-13,17H,1-6H3/t17-/m0/s1. The van der Waals surface area contributed by atoms with Crippen molar-refractivity contribution in [2.45, 2.75) is 57.2 Å². The van der Waals surface area contributed by atoms with Crippen LogP contribution in [0.5, 0.6) is 0 Å². The second-order valence-corrected chi connectivity index (χ2v) is 9.41. The third-order valence-electron chi connectivity index (χ3n) is 5.74. The van der Waals surface area contributed by atoms with Crippen molar-refractivity contribution in [3.05, 3.63) is 64.8 Å². The molecule has 0 N–H and O–H groups in total. The van der Waals surface area contributed by atoms with Gasteiger partial charge >= 0.3 is 0 Å². The highest BCUT2D eigenvalue weighted by molar-refractivity contribution is 7.99. The molecule has 3 heteroatoms. The number of aromatic nitrogens is 2. The number of hydrogen-bond acceptors (Lipinski definition) is 2. The first kappa shape index (κ1) is 17.4. The molecule has 2 bridgehead atoms. The molecule has 0 fully saturated rings. The van der Waals surface area contributed by atoms with Crippen LogP contribution in [0.25, 0.3) is 17.1 Å². The van der Waals surface area contributed by atoms with Gasteiger partial charge in [-0.1, -0.05) is 62.7 Å². The summed E-state index contributed by atoms with van der Waals surface area (Å²) >= 11 is 1.88. The minimum atomic E-state index is 0.0783. The third-order valence-corrected chi connectivity index (χ3v) is 7.12. The summed E-state index contributed by atoms with van der Waals surface area (Å²) in [4.78, 5) is 5.03. The van der Waals surface area contributed by atoms with E-state index in [2.05, 4.69) is 88.7 Å². The molecule has 0 unspecified atom stereocenters. The maximum Gasteiger partial charge on any atom is 0.146 e. The Morgan fingerprint density at radius 2 is 1.69 bits per heavy atom. The summed E-state index contributed by atoms with van der Waals surface area (Å²) in [6, 6.07) is 13.3. The molecule has 0 amide bonds. The molecule has 1 atom stereocenters. The molecule has 0 saturated carbocycles. The zero-order chi connectivity index (χ0) is 18.6. The summed E-state index contributed by atoms with van der Waals surface area (Å²) in [7, 11) is 0. The highest BCUT2D eigenvalue weighted by Gasteiger charge is 2.35. The lowest BCUT2D eigenvalue weighted by molar-refractivity contribution is 0.520. The molecular weight excluding hydrogens is 336 g/mol. The topological polar surface area (TPSA) is 17.8 Å². The van der Waals surface area contributed by atoms with Crippen molar-refractivity contribution in [3.63, 3.8) is 0 Å². The number of fused-ring (bicyclic) bond motifs is 4. The van der Waals surface area contributed by atoms with Crippen molar-refractivity contribution in [1.82, 2.24) is 9.55 Å². The van der Waals surface area contributed by atoms with Gasteiger partial charge in [0, 0.05) is 22.4 Å². The summed E-state index contributed by atoms with van der Waals surface area (Å²) in [5, 5.41) is 1.55. The molecule has 1 aliphatic rings. The molecule has 26 heavy (non-hydrogen) atoms. The second kappa shape index (κ2) is 6.02. The second-order valence-electron chi connectivity index (χ2n) is 8.05. The zero-order valence-electron chi connectivity index (χ0n) is 16.4. The maximum absolute atomic E-state index is 5.03. The average Bonchev–Trinajstić information content (AvgIpc) is 2.97. The van der Waals surface area contributed by atoms with Gasteiger partial charge in [0.05, 0.1) is 5.69 Å². The summed E-state index contributed by atoms with van der Waals surface area (Å²) < 4.78 is 2.30. The molecule has 3 aromatic rings. The summed E-state index contributed by atoms with van der Waals surface area (Å²) in [5.74, 6) is 1.05. The van der Waals surface area contributed by atoms with E-state index in [1.807, 2.05) is 11.8 Å². The average molecular weight is 363 g/mol. The predicted octanol–water partition coefficient (Wildman–Crippen LogP) is 6.24. The smallest absolute Gasteiger partial charge is 0.146 e. The van der Waals surface area contributed by atoms with Crippen LogP contribution < -0.4 is 0 Å². The molecule has 4 rings (SSSR count). The van der Waals surface area contributed by atoms with E-state index < -0.39 is 0 Å². The number of aryl methyl sites for hydroxylation is 3. The van der Waals surface area contributed by atoms with Crippen LogP contribution >= 0.6 is 11.8 Å². The van der Waals surface area contributed by atoms with E-state index in [0.717, 1.165) is 10.9 Å². The Kier molecular flexibility index (Phi) is 4.03. The molecule has 0 aliphatic carbocycles. The van der Waals surface area contributed by atoms with Crippen LogP contribution in [0.15, 0.2) is 47.6 Å². The van der Waals surface area contributed by atoms with E-state index >= 15 is 0 Å². The van der Waals surface area contributed by atoms with Gasteiger partial charge in [-0.25, -0.2) is 4.98 Å². The van der Waals surface area contributed by atoms with Crippen molar-refractivity contribution < 1.29 is 0 Å². The monoisotopic (exact) mass is 362 g/mol. The number of nitrogens with zero attached hydrogens (tertiary/aromatic N) is 2. The Hall–Kier alpha value is -2.00. The van der Waals surface area contributed by atoms with Gasteiger partial charge in [0.25, 0.3) is 0 Å². The molecule has 0 spiro atoms. The van der Waals surface area contributed by atoms with Crippen LogP contribution in [0.1, 0.15) is 43.0 Å². The largest absolute Gasteiger partial charge is 0.298 e. The van der Waals surface area contributed by atoms with E-state index in [4.69, 9.17) is 4.98 Å². The van der Waals surface area contributed by atoms with E-state index in [-0.39, 0.29) is 5.41 Å². The predicted molar refractivity (Wildman–Crippen MR) is 112 cm³/mol. The molecule has 1 aliphatic heterocycles. The Bertz CT molecular complexity index is 974. The fourth-order valence-electron chi connectivity index (χ4n) is 4.12. The fraction of sp³-hybridized carbons (Fsp3) is 0.348. The number of rotatable bonds is 1. The van der Waals surface area contributed by atoms with Crippen molar-refractivity contribution in [1.29, 1.82) is 0 Å². The van der Waals surface area contributed by atoms with Crippen molar-refractivity contribution in [2.75, 3.05) is 0 Å². The van der Waals surface area contributed by atoms with Crippen molar-refractivity contribution in [3.8, 4) is 17.1 Å². The molecule has 0 saturated heterocycles. The van der Waals surface area contributed by atoms with Gasteiger partial charge < -0.3 is 0 Å². The summed E-state index contributed by atoms with van der Waals surface area (Å²) in [5.41, 5.74) is 7.85. The lowest BCUT2D eigenvalue weighted by Gasteiger charge is -2.34. The number of thioether (sulfide) groups is 1. The molecule has 2 nitrogen and oxygen atoms in total. The molecule has 134 valence electrons. The zero-order valence-corrected chi connectivity index (χ0v) is 17.2. The van der Waals surface area contributed by atoms with Crippen LogP contribution in [0.3, 0.4) is 0 Å². The molecule has 2 aromatic carbocycles. The van der Waals surface area contributed by atoms with Crippen LogP contribution in [0, 0.1) is 20.8 Å². The first-order chi connectivity index (χ1) is 12.3. The van der Waals surface area contributed by atoms with Crippen LogP contribution in [0.2, 0.25) is 0 Å². The molecule has 0 radical (unpaired) electrons. The van der Waals surface area contributed by atoms with Gasteiger partial charge in [-0.05, 0) is 37.5 Å². The van der Waals surface area contributed by atoms with Gasteiger partial charge in [-0.15, -0.1) is 11.8 Å². The van der Waals surface area contributed by atoms with Gasteiger partial charge in [0.1, 0.15) is 10.9 Å². The number of hydrogen-bond donors (Lipinski definition) is 0. The first-order valence-electron chi connectivity index (χ1n) is 9.23. The Labute approximate surface area is 160 Å². The lowest BCUT2D eigenvalue weighted by Crippen LogP contribution is -2.30. The maximum atomic E-state index is 5.03. The first-order valence-corrected chi connectivity index (χ1v) is 10.1. The normalized spacial score (nSPS) is 18.2. The van der Waals surface area contributed by atoms with Crippen molar-refractivity contribution >= 4 is 11.8 Å². The van der Waals surface area contributed by atoms with E-state index in [1.54, 1.807) is 0 Å². The van der Waals surface area contributed by atoms with Crippen molar-refractivity contribution in [2.24, 2.45) is 0 Å². The minimum Gasteiger partial charge on any atom is -0.298 e. The summed E-state index contributed by atoms with van der Waals surface area (Å²) in [6.07, 6.45) is 2.22. The molecule has 2 heterocycles. The number of imidazole rings is 1. The molecular formula is C23H26N2S. The Morgan fingerprint density at radius 1 is 1.04 bits per heavy atom. The van der Waals surface area contributed by atoms with Crippen LogP contribution in [-0.4, -0.2) is 14.8 Å². The minimum absolute atomic E-state index is 0.0783. The fourth-order valence-corrected chi connectivity index (χ4v) is 5.20. The van der Waals surface area contributed by atoms with Gasteiger partial charge in [-0.3, -0.25) is 4.57 Å². The Morgan fingerprint density at radius 3 is 2.38 bits per heavy atom. The lowest BCUT2D eigenvalue weighted by atomic mass is 9.79. The summed E-state index contributed by atoms with van der Waals surface area (Å²) in [6.45, 7) is 13.6. The third kappa shape index (κ3) is 2.61. The highest BCUT2D eigenvalue weighted by atomic mass is 32.2. The van der Waals surface area contributed by atoms with E-state index in [1.165, 1.54) is 33.5 Å². The SMILES string of the molecule is Cc1cc(C)c(-n2cc3nc2-c2ccccc2C(C)(C)[C@H](C)S3)c(C)c1. The molecule has 1 aromatic heterocycles. The number of benzene rings is 2. The van der Waals surface area contributed by atoms with E-state index in [0.29, 0.717) is 5.25 Å². The van der Waals surface area contributed by atoms with Crippen LogP contribution in [0.4, 0.5) is 0 Å². The Balaban J connectivity index is 2.04. The van der Waals surface area contributed by atoms with Crippen LogP contribution in [-0.2, 0) is 5.41 Å². The van der Waals surface area contributed by atoms with Gasteiger partial charge in [-0.2, -0.15) is 0 Å². The van der Waals surface area contributed by atoms with E-state index in [9.17, 15) is 0 Å². The van der Waals surface area contributed by atoms with Gasteiger partial charge in [0.2, 0.25) is 0 Å². The van der Waals surface area contributed by atoms with Gasteiger partial charge in [0.15, 0.2) is 0 Å². The highest BCUT2D eigenvalue weighted by Crippen LogP contribution is 2.45.